The number of aromatic amines is 1. The minimum absolute atomic E-state index is 0.0767. The average Bonchev–Trinajstić information content (AvgIpc) is 3.38. The summed E-state index contributed by atoms with van der Waals surface area (Å²) in [6.07, 6.45) is -1.27. The normalized spacial score (nSPS) is 13.0. The topological polar surface area (TPSA) is 45.6 Å². The molecule has 4 nitrogen and oxygen atoms in total. The molecule has 31 heavy (non-hydrogen) atoms. The molecule has 0 radical (unpaired) electrons. The van der Waals surface area contributed by atoms with E-state index >= 15 is 0 Å². The number of benzene rings is 3. The summed E-state index contributed by atoms with van der Waals surface area (Å²) >= 11 is 0. The first-order valence-electron chi connectivity index (χ1n) is 9.52. The van der Waals surface area contributed by atoms with Gasteiger partial charge in [0.05, 0.1) is 17.4 Å². The lowest BCUT2D eigenvalue weighted by Crippen LogP contribution is -2.27. The third-order valence-electron chi connectivity index (χ3n) is 5.19. The zero-order valence-corrected chi connectivity index (χ0v) is 16.0. The molecule has 0 fully saturated rings. The molecule has 2 N–H and O–H groups in total. The van der Waals surface area contributed by atoms with Crippen molar-refractivity contribution in [2.24, 2.45) is 0 Å². The molecule has 0 amide bonds. The van der Waals surface area contributed by atoms with Crippen molar-refractivity contribution in [3.63, 3.8) is 0 Å². The molecule has 5 rings (SSSR count). The second kappa shape index (κ2) is 7.16. The monoisotopic (exact) mass is 424 g/mol. The number of anilines is 1. The van der Waals surface area contributed by atoms with Crippen molar-refractivity contribution in [2.45, 2.75) is 12.2 Å². The molecule has 0 aliphatic carbocycles. The first-order valence-corrected chi connectivity index (χ1v) is 9.52. The number of nitrogens with zero attached hydrogens (tertiary/aromatic N) is 2. The fraction of sp³-hybridized carbons (Fsp3) is 0.0870. The summed E-state index contributed by atoms with van der Waals surface area (Å²) in [5.41, 5.74) is 2.55. The molecule has 156 valence electrons. The predicted octanol–water partition coefficient (Wildman–Crippen LogP) is 6.36. The SMILES string of the molecule is Fc1ccc(-n2ncc3cc(C(Nc4ccc5[nH]ccc5c4)C(F)(F)F)ccc32)cc1. The number of fused-ring (bicyclic) bond motifs is 2. The van der Waals surface area contributed by atoms with Crippen LogP contribution in [0, 0.1) is 5.82 Å². The maximum absolute atomic E-state index is 13.9. The Bertz CT molecular complexity index is 1370. The van der Waals surface area contributed by atoms with Crippen LogP contribution in [0.15, 0.2) is 79.1 Å². The highest BCUT2D eigenvalue weighted by atomic mass is 19.4. The van der Waals surface area contributed by atoms with Gasteiger partial charge in [-0.05, 0) is 66.2 Å². The van der Waals surface area contributed by atoms with E-state index in [0.29, 0.717) is 22.3 Å². The van der Waals surface area contributed by atoms with Gasteiger partial charge in [0.1, 0.15) is 11.9 Å². The van der Waals surface area contributed by atoms with E-state index in [2.05, 4.69) is 15.4 Å². The molecule has 0 spiro atoms. The number of halogens is 4. The molecular formula is C23H16F4N4. The van der Waals surface area contributed by atoms with Gasteiger partial charge in [0.2, 0.25) is 0 Å². The molecule has 2 aromatic heterocycles. The fourth-order valence-electron chi connectivity index (χ4n) is 3.68. The number of rotatable bonds is 4. The van der Waals surface area contributed by atoms with Crippen molar-refractivity contribution >= 4 is 27.5 Å². The van der Waals surface area contributed by atoms with Crippen molar-refractivity contribution < 1.29 is 17.6 Å². The molecule has 1 atom stereocenters. The zero-order valence-electron chi connectivity index (χ0n) is 16.0. The van der Waals surface area contributed by atoms with E-state index in [1.165, 1.54) is 30.5 Å². The van der Waals surface area contributed by atoms with E-state index in [9.17, 15) is 17.6 Å². The molecule has 5 aromatic rings. The summed E-state index contributed by atoms with van der Waals surface area (Å²) in [6.45, 7) is 0. The Labute approximate surface area is 174 Å². The van der Waals surface area contributed by atoms with Crippen LogP contribution in [0.1, 0.15) is 11.6 Å². The summed E-state index contributed by atoms with van der Waals surface area (Å²) in [4.78, 5) is 3.02. The number of alkyl halides is 3. The summed E-state index contributed by atoms with van der Waals surface area (Å²) < 4.78 is 56.5. The number of H-pyrrole nitrogens is 1. The van der Waals surface area contributed by atoms with Crippen LogP contribution in [0.4, 0.5) is 23.2 Å². The lowest BCUT2D eigenvalue weighted by molar-refractivity contribution is -0.143. The van der Waals surface area contributed by atoms with Crippen LogP contribution >= 0.6 is 0 Å². The number of hydrogen-bond donors (Lipinski definition) is 2. The molecule has 1 unspecified atom stereocenters. The minimum atomic E-state index is -4.51. The quantitative estimate of drug-likeness (QED) is 0.330. The van der Waals surface area contributed by atoms with Crippen LogP contribution in [0.3, 0.4) is 0 Å². The number of hydrogen-bond acceptors (Lipinski definition) is 2. The Balaban J connectivity index is 1.52. The van der Waals surface area contributed by atoms with Gasteiger partial charge in [0.25, 0.3) is 0 Å². The highest BCUT2D eigenvalue weighted by Gasteiger charge is 2.41. The standard InChI is InChI=1S/C23H16F4N4/c24-17-2-5-19(6-3-17)31-21-8-1-15(11-16(21)13-29-31)22(23(25,26)27)30-18-4-7-20-14(12-18)9-10-28-20/h1-13,22,28,30H. The first kappa shape index (κ1) is 19.2. The molecule has 0 saturated heterocycles. The van der Waals surface area contributed by atoms with Crippen molar-refractivity contribution in [1.29, 1.82) is 0 Å². The first-order chi connectivity index (χ1) is 14.9. The Kier molecular flexibility index (Phi) is 4.43. The van der Waals surface area contributed by atoms with Crippen LogP contribution in [-0.2, 0) is 0 Å². The van der Waals surface area contributed by atoms with Crippen molar-refractivity contribution in [1.82, 2.24) is 14.8 Å². The lowest BCUT2D eigenvalue weighted by atomic mass is 10.0. The maximum Gasteiger partial charge on any atom is 0.412 e. The summed E-state index contributed by atoms with van der Waals surface area (Å²) in [6, 6.07) is 15.2. The molecule has 0 aliphatic rings. The van der Waals surface area contributed by atoms with Crippen molar-refractivity contribution in [3.8, 4) is 5.69 Å². The van der Waals surface area contributed by atoms with Gasteiger partial charge < -0.3 is 10.3 Å². The van der Waals surface area contributed by atoms with Gasteiger partial charge in [0, 0.05) is 28.2 Å². The summed E-state index contributed by atoms with van der Waals surface area (Å²) in [7, 11) is 0. The number of aromatic nitrogens is 3. The van der Waals surface area contributed by atoms with Crippen LogP contribution in [0.5, 0.6) is 0 Å². The minimum Gasteiger partial charge on any atom is -0.370 e. The van der Waals surface area contributed by atoms with E-state index < -0.39 is 12.2 Å². The summed E-state index contributed by atoms with van der Waals surface area (Å²) in [5, 5.41) is 8.25. The van der Waals surface area contributed by atoms with E-state index in [1.54, 1.807) is 53.3 Å². The fourth-order valence-corrected chi connectivity index (χ4v) is 3.68. The lowest BCUT2D eigenvalue weighted by Gasteiger charge is -2.23. The van der Waals surface area contributed by atoms with Gasteiger partial charge in [0.15, 0.2) is 0 Å². The van der Waals surface area contributed by atoms with Crippen LogP contribution in [0.2, 0.25) is 0 Å². The Morgan fingerprint density at radius 1 is 0.903 bits per heavy atom. The van der Waals surface area contributed by atoms with E-state index in [4.69, 9.17) is 0 Å². The van der Waals surface area contributed by atoms with E-state index in [1.807, 2.05) is 0 Å². The van der Waals surface area contributed by atoms with Gasteiger partial charge in [-0.1, -0.05) is 6.07 Å². The van der Waals surface area contributed by atoms with Gasteiger partial charge in [-0.3, -0.25) is 0 Å². The Morgan fingerprint density at radius 2 is 1.71 bits per heavy atom. The van der Waals surface area contributed by atoms with E-state index in [-0.39, 0.29) is 11.4 Å². The third kappa shape index (κ3) is 3.61. The van der Waals surface area contributed by atoms with Gasteiger partial charge in [-0.25, -0.2) is 9.07 Å². The molecule has 0 aliphatic heterocycles. The zero-order chi connectivity index (χ0) is 21.6. The van der Waals surface area contributed by atoms with Crippen LogP contribution in [0.25, 0.3) is 27.5 Å². The van der Waals surface area contributed by atoms with Crippen LogP contribution in [-0.4, -0.2) is 20.9 Å². The van der Waals surface area contributed by atoms with Crippen LogP contribution < -0.4 is 5.32 Å². The smallest absolute Gasteiger partial charge is 0.370 e. The third-order valence-corrected chi connectivity index (χ3v) is 5.19. The molecule has 8 heteroatoms. The predicted molar refractivity (Wildman–Crippen MR) is 112 cm³/mol. The van der Waals surface area contributed by atoms with Crippen molar-refractivity contribution in [3.05, 3.63) is 90.5 Å². The van der Waals surface area contributed by atoms with E-state index in [0.717, 1.165) is 10.9 Å². The molecule has 0 bridgehead atoms. The highest BCUT2D eigenvalue weighted by molar-refractivity contribution is 5.83. The second-order valence-corrected chi connectivity index (χ2v) is 7.25. The summed E-state index contributed by atoms with van der Waals surface area (Å²) in [5.74, 6) is -0.376. The van der Waals surface area contributed by atoms with Gasteiger partial charge in [-0.15, -0.1) is 0 Å². The van der Waals surface area contributed by atoms with Gasteiger partial charge >= 0.3 is 6.18 Å². The largest absolute Gasteiger partial charge is 0.412 e. The average molecular weight is 424 g/mol. The Hall–Kier alpha value is -3.81. The Morgan fingerprint density at radius 3 is 2.48 bits per heavy atom. The second-order valence-electron chi connectivity index (χ2n) is 7.25. The van der Waals surface area contributed by atoms with Gasteiger partial charge in [-0.2, -0.15) is 18.3 Å². The highest BCUT2D eigenvalue weighted by Crippen LogP contribution is 2.37. The maximum atomic E-state index is 13.9. The molecular weight excluding hydrogens is 408 g/mol. The molecule has 3 aromatic carbocycles. The molecule has 2 heterocycles. The number of nitrogens with one attached hydrogen (secondary N) is 2. The van der Waals surface area contributed by atoms with Crippen molar-refractivity contribution in [2.75, 3.05) is 5.32 Å². The molecule has 0 saturated carbocycles.